The summed E-state index contributed by atoms with van der Waals surface area (Å²) >= 11 is 3.40. The van der Waals surface area contributed by atoms with Gasteiger partial charge in [0.15, 0.2) is 11.5 Å². The minimum Gasteiger partial charge on any atom is -0.493 e. The van der Waals surface area contributed by atoms with Crippen LogP contribution in [0.5, 0.6) is 11.5 Å². The largest absolute Gasteiger partial charge is 0.493 e. The number of nitriles is 1. The van der Waals surface area contributed by atoms with Crippen molar-refractivity contribution in [3.05, 3.63) is 87.9 Å². The van der Waals surface area contributed by atoms with Crippen LogP contribution in [0.25, 0.3) is 0 Å². The van der Waals surface area contributed by atoms with Gasteiger partial charge in [0.1, 0.15) is 6.61 Å². The maximum Gasteiger partial charge on any atom is 0.161 e. The average molecular weight is 436 g/mol. The van der Waals surface area contributed by atoms with E-state index in [1.165, 1.54) is 0 Å². The normalized spacial score (nSPS) is 10.5. The number of hydrogen-bond acceptors (Lipinski definition) is 5. The zero-order chi connectivity index (χ0) is 19.8. The van der Waals surface area contributed by atoms with E-state index in [4.69, 9.17) is 9.47 Å². The van der Waals surface area contributed by atoms with Gasteiger partial charge in [0.05, 0.1) is 30.6 Å². The molecule has 0 fully saturated rings. The highest BCUT2D eigenvalue weighted by atomic mass is 79.9. The van der Waals surface area contributed by atoms with Crippen LogP contribution in [0.2, 0.25) is 0 Å². The molecule has 0 saturated carbocycles. The fourth-order valence-corrected chi connectivity index (χ4v) is 2.76. The predicted molar refractivity (Wildman–Crippen MR) is 114 cm³/mol. The molecule has 140 valence electrons. The first kappa shape index (κ1) is 19.5. The number of methoxy groups -OCH3 is 1. The number of halogens is 1. The number of ether oxygens (including phenoxy) is 2. The molecule has 0 aliphatic carbocycles. The van der Waals surface area contributed by atoms with E-state index < -0.39 is 0 Å². The van der Waals surface area contributed by atoms with Crippen LogP contribution in [0.3, 0.4) is 0 Å². The Hall–Kier alpha value is -3.30. The maximum absolute atomic E-state index is 9.18. The van der Waals surface area contributed by atoms with Crippen LogP contribution < -0.4 is 14.9 Å². The first-order valence-corrected chi connectivity index (χ1v) is 9.32. The van der Waals surface area contributed by atoms with Gasteiger partial charge in [0.25, 0.3) is 0 Å². The minimum atomic E-state index is 0.290. The van der Waals surface area contributed by atoms with E-state index in [2.05, 4.69) is 32.5 Å². The second kappa shape index (κ2) is 9.58. The molecule has 0 saturated heterocycles. The van der Waals surface area contributed by atoms with E-state index in [1.807, 2.05) is 60.7 Å². The number of rotatable bonds is 7. The smallest absolute Gasteiger partial charge is 0.161 e. The molecule has 0 atom stereocenters. The number of anilines is 1. The van der Waals surface area contributed by atoms with Crippen molar-refractivity contribution in [3.8, 4) is 17.6 Å². The topological polar surface area (TPSA) is 66.6 Å². The molecule has 28 heavy (non-hydrogen) atoms. The standard InChI is InChI=1S/C22H18BrN3O2/c1-27-22-12-16(14-25-26-20-9-7-19(23)8-10-20)6-11-21(22)28-15-18-5-3-2-4-17(18)13-24/h2-12,14,26H,15H2,1H3/b25-14-. The molecule has 0 radical (unpaired) electrons. The number of nitrogens with zero attached hydrogens (tertiary/aromatic N) is 2. The van der Waals surface area contributed by atoms with Crippen LogP contribution in [0, 0.1) is 11.3 Å². The second-order valence-corrected chi connectivity index (χ2v) is 6.76. The number of hydrazone groups is 1. The quantitative estimate of drug-likeness (QED) is 0.400. The molecule has 0 bridgehead atoms. The Labute approximate surface area is 172 Å². The van der Waals surface area contributed by atoms with Gasteiger partial charge in [-0.05, 0) is 54.1 Å². The van der Waals surface area contributed by atoms with E-state index >= 15 is 0 Å². The molecular weight excluding hydrogens is 418 g/mol. The summed E-state index contributed by atoms with van der Waals surface area (Å²) in [6, 6.07) is 22.8. The third-order valence-corrected chi connectivity index (χ3v) is 4.49. The lowest BCUT2D eigenvalue weighted by atomic mass is 10.1. The van der Waals surface area contributed by atoms with Gasteiger partial charge in [0, 0.05) is 10.0 Å². The molecule has 5 nitrogen and oxygen atoms in total. The van der Waals surface area contributed by atoms with Gasteiger partial charge in [-0.2, -0.15) is 10.4 Å². The Morgan fingerprint density at radius 1 is 1.07 bits per heavy atom. The summed E-state index contributed by atoms with van der Waals surface area (Å²) < 4.78 is 12.3. The summed E-state index contributed by atoms with van der Waals surface area (Å²) in [4.78, 5) is 0. The molecule has 1 N–H and O–H groups in total. The van der Waals surface area contributed by atoms with E-state index in [0.717, 1.165) is 21.3 Å². The van der Waals surface area contributed by atoms with Gasteiger partial charge in [-0.3, -0.25) is 5.43 Å². The highest BCUT2D eigenvalue weighted by Crippen LogP contribution is 2.28. The monoisotopic (exact) mass is 435 g/mol. The van der Waals surface area contributed by atoms with Crippen molar-refractivity contribution < 1.29 is 9.47 Å². The van der Waals surface area contributed by atoms with Crippen molar-refractivity contribution in [2.75, 3.05) is 12.5 Å². The Bertz CT molecular complexity index is 1010. The van der Waals surface area contributed by atoms with Crippen molar-refractivity contribution in [1.82, 2.24) is 0 Å². The lowest BCUT2D eigenvalue weighted by molar-refractivity contribution is 0.284. The van der Waals surface area contributed by atoms with E-state index in [0.29, 0.717) is 23.7 Å². The molecule has 0 amide bonds. The molecular formula is C22H18BrN3O2. The SMILES string of the molecule is COc1cc(/C=N\Nc2ccc(Br)cc2)ccc1OCc1ccccc1C#N. The number of nitrogens with one attached hydrogen (secondary N) is 1. The molecule has 3 aromatic carbocycles. The molecule has 0 spiro atoms. The summed E-state index contributed by atoms with van der Waals surface area (Å²) in [6.07, 6.45) is 1.71. The maximum atomic E-state index is 9.18. The Morgan fingerprint density at radius 3 is 2.61 bits per heavy atom. The fourth-order valence-electron chi connectivity index (χ4n) is 2.50. The highest BCUT2D eigenvalue weighted by Gasteiger charge is 2.07. The van der Waals surface area contributed by atoms with Crippen LogP contribution in [-0.2, 0) is 6.61 Å². The molecule has 0 aliphatic rings. The van der Waals surface area contributed by atoms with Gasteiger partial charge in [-0.1, -0.05) is 34.1 Å². The molecule has 0 aliphatic heterocycles. The van der Waals surface area contributed by atoms with Crippen molar-refractivity contribution >= 4 is 27.8 Å². The van der Waals surface area contributed by atoms with Crippen LogP contribution in [0.15, 0.2) is 76.3 Å². The first-order chi connectivity index (χ1) is 13.7. The summed E-state index contributed by atoms with van der Waals surface area (Å²) in [5.74, 6) is 1.20. The third-order valence-electron chi connectivity index (χ3n) is 3.96. The summed E-state index contributed by atoms with van der Waals surface area (Å²) in [5.41, 5.74) is 6.17. The zero-order valence-corrected chi connectivity index (χ0v) is 16.8. The van der Waals surface area contributed by atoms with Crippen LogP contribution in [0.4, 0.5) is 5.69 Å². The van der Waals surface area contributed by atoms with Crippen molar-refractivity contribution in [3.63, 3.8) is 0 Å². The summed E-state index contributed by atoms with van der Waals surface area (Å²) in [6.45, 7) is 0.290. The first-order valence-electron chi connectivity index (χ1n) is 8.53. The summed E-state index contributed by atoms with van der Waals surface area (Å²) in [7, 11) is 1.59. The van der Waals surface area contributed by atoms with E-state index in [9.17, 15) is 5.26 Å². The molecule has 6 heteroatoms. The van der Waals surface area contributed by atoms with Crippen molar-refractivity contribution in [2.24, 2.45) is 5.10 Å². The number of benzene rings is 3. The van der Waals surface area contributed by atoms with Gasteiger partial charge in [-0.25, -0.2) is 0 Å². The molecule has 0 heterocycles. The Kier molecular flexibility index (Phi) is 6.66. The van der Waals surface area contributed by atoms with Gasteiger partial charge < -0.3 is 9.47 Å². The fraction of sp³-hybridized carbons (Fsp3) is 0.0909. The second-order valence-electron chi connectivity index (χ2n) is 5.84. The van der Waals surface area contributed by atoms with Crippen LogP contribution in [-0.4, -0.2) is 13.3 Å². The van der Waals surface area contributed by atoms with Gasteiger partial charge in [0.2, 0.25) is 0 Å². The van der Waals surface area contributed by atoms with Crippen LogP contribution in [0.1, 0.15) is 16.7 Å². The predicted octanol–water partition coefficient (Wildman–Crippen LogP) is 5.35. The van der Waals surface area contributed by atoms with Gasteiger partial charge >= 0.3 is 0 Å². The Morgan fingerprint density at radius 2 is 1.86 bits per heavy atom. The minimum absolute atomic E-state index is 0.290. The van der Waals surface area contributed by atoms with E-state index in [-0.39, 0.29) is 0 Å². The molecule has 0 aromatic heterocycles. The zero-order valence-electron chi connectivity index (χ0n) is 15.2. The number of hydrogen-bond donors (Lipinski definition) is 1. The average Bonchev–Trinajstić information content (AvgIpc) is 2.74. The van der Waals surface area contributed by atoms with Crippen LogP contribution >= 0.6 is 15.9 Å². The Balaban J connectivity index is 1.67. The molecule has 3 rings (SSSR count). The van der Waals surface area contributed by atoms with Gasteiger partial charge in [-0.15, -0.1) is 0 Å². The molecule has 0 unspecified atom stereocenters. The summed E-state index contributed by atoms with van der Waals surface area (Å²) in [5, 5.41) is 13.4. The molecule has 3 aromatic rings. The lowest BCUT2D eigenvalue weighted by Crippen LogP contribution is -2.00. The van der Waals surface area contributed by atoms with E-state index in [1.54, 1.807) is 19.4 Å². The third kappa shape index (κ3) is 5.12. The van der Waals surface area contributed by atoms with Crippen molar-refractivity contribution in [2.45, 2.75) is 6.61 Å². The lowest BCUT2D eigenvalue weighted by Gasteiger charge is -2.12. The highest BCUT2D eigenvalue weighted by molar-refractivity contribution is 9.10. The van der Waals surface area contributed by atoms with Crippen molar-refractivity contribution in [1.29, 1.82) is 5.26 Å².